The molecule has 0 saturated carbocycles. The number of aromatic nitrogens is 1. The average molecular weight is 515 g/mol. The SMILES string of the molecule is CCCN(CC(=O)N(CCc1c[nH]c2ccccc12)Cc1ccc(F)cc1)C(=O)Nc1ccc(C)c(C)c1. The predicted octanol–water partition coefficient (Wildman–Crippen LogP) is 6.44. The van der Waals surface area contributed by atoms with Crippen LogP contribution in [0.1, 0.15) is 35.6 Å². The lowest BCUT2D eigenvalue weighted by Gasteiger charge is -2.28. The lowest BCUT2D eigenvalue weighted by Crippen LogP contribution is -2.45. The molecule has 3 aromatic carbocycles. The normalized spacial score (nSPS) is 10.9. The van der Waals surface area contributed by atoms with Crippen molar-refractivity contribution in [2.45, 2.75) is 40.2 Å². The third-order valence-electron chi connectivity index (χ3n) is 6.83. The number of rotatable bonds is 10. The zero-order chi connectivity index (χ0) is 27.1. The summed E-state index contributed by atoms with van der Waals surface area (Å²) in [5, 5.41) is 4.07. The Bertz CT molecular complexity index is 1400. The van der Waals surface area contributed by atoms with Gasteiger partial charge in [-0.2, -0.15) is 0 Å². The quantitative estimate of drug-likeness (QED) is 0.256. The zero-order valence-corrected chi connectivity index (χ0v) is 22.3. The molecule has 0 radical (unpaired) electrons. The van der Waals surface area contributed by atoms with Gasteiger partial charge in [-0.05, 0) is 79.3 Å². The second-order valence-electron chi connectivity index (χ2n) is 9.70. The molecule has 7 heteroatoms. The third kappa shape index (κ3) is 6.79. The third-order valence-corrected chi connectivity index (χ3v) is 6.83. The standard InChI is InChI=1S/C31H35FN4O2/c1-4-16-36(31(38)34-27-14-9-22(2)23(3)18-27)21-30(37)35(20-24-10-12-26(32)13-11-24)17-15-25-19-33-29-8-6-5-7-28(25)29/h5-14,18-19,33H,4,15-17,20-21H2,1-3H3,(H,34,38). The van der Waals surface area contributed by atoms with Crippen molar-refractivity contribution in [1.29, 1.82) is 0 Å². The van der Waals surface area contributed by atoms with Crippen LogP contribution >= 0.6 is 0 Å². The van der Waals surface area contributed by atoms with Gasteiger partial charge in [-0.25, -0.2) is 9.18 Å². The number of aromatic amines is 1. The molecule has 4 rings (SSSR count). The van der Waals surface area contributed by atoms with E-state index in [1.807, 2.05) is 63.4 Å². The number of urea groups is 1. The first-order chi connectivity index (χ1) is 18.3. The Morgan fingerprint density at radius 1 is 0.921 bits per heavy atom. The second kappa shape index (κ2) is 12.4. The molecule has 0 aliphatic heterocycles. The summed E-state index contributed by atoms with van der Waals surface area (Å²) in [6.07, 6.45) is 3.35. The summed E-state index contributed by atoms with van der Waals surface area (Å²) in [5.74, 6) is -0.472. The first-order valence-electron chi connectivity index (χ1n) is 13.0. The van der Waals surface area contributed by atoms with Crippen molar-refractivity contribution in [3.8, 4) is 0 Å². The molecule has 0 fully saturated rings. The highest BCUT2D eigenvalue weighted by atomic mass is 19.1. The van der Waals surface area contributed by atoms with Crippen LogP contribution in [0.2, 0.25) is 0 Å². The maximum atomic E-state index is 13.6. The first kappa shape index (κ1) is 26.9. The number of nitrogens with one attached hydrogen (secondary N) is 2. The Labute approximate surface area is 223 Å². The van der Waals surface area contributed by atoms with Crippen LogP contribution in [0.5, 0.6) is 0 Å². The van der Waals surface area contributed by atoms with Crippen molar-refractivity contribution in [3.05, 3.63) is 101 Å². The number of para-hydroxylation sites is 1. The highest BCUT2D eigenvalue weighted by molar-refractivity contribution is 5.92. The molecule has 0 bridgehead atoms. The number of amides is 3. The number of hydrogen-bond acceptors (Lipinski definition) is 2. The number of aryl methyl sites for hydroxylation is 2. The molecular formula is C31H35FN4O2. The van der Waals surface area contributed by atoms with Crippen molar-refractivity contribution in [2.75, 3.05) is 25.0 Å². The summed E-state index contributed by atoms with van der Waals surface area (Å²) < 4.78 is 13.5. The van der Waals surface area contributed by atoms with Crippen LogP contribution in [0.4, 0.5) is 14.9 Å². The van der Waals surface area contributed by atoms with Crippen molar-refractivity contribution in [1.82, 2.24) is 14.8 Å². The molecule has 198 valence electrons. The lowest BCUT2D eigenvalue weighted by atomic mass is 10.1. The van der Waals surface area contributed by atoms with Crippen molar-refractivity contribution < 1.29 is 14.0 Å². The van der Waals surface area contributed by atoms with Crippen LogP contribution in [0.3, 0.4) is 0 Å². The highest BCUT2D eigenvalue weighted by Crippen LogP contribution is 2.19. The Morgan fingerprint density at radius 3 is 2.42 bits per heavy atom. The van der Waals surface area contributed by atoms with E-state index in [9.17, 15) is 14.0 Å². The minimum atomic E-state index is -0.317. The highest BCUT2D eigenvalue weighted by Gasteiger charge is 2.22. The van der Waals surface area contributed by atoms with Crippen LogP contribution in [0.25, 0.3) is 10.9 Å². The summed E-state index contributed by atoms with van der Waals surface area (Å²) in [7, 11) is 0. The molecule has 0 unspecified atom stereocenters. The van der Waals surface area contributed by atoms with Crippen molar-refractivity contribution in [3.63, 3.8) is 0 Å². The number of hydrogen-bond donors (Lipinski definition) is 2. The average Bonchev–Trinajstić information content (AvgIpc) is 3.32. The molecule has 3 amide bonds. The summed E-state index contributed by atoms with van der Waals surface area (Å²) in [4.78, 5) is 33.3. The Morgan fingerprint density at radius 2 is 1.68 bits per heavy atom. The van der Waals surface area contributed by atoms with E-state index >= 15 is 0 Å². The number of halogens is 1. The second-order valence-corrected chi connectivity index (χ2v) is 9.70. The van der Waals surface area contributed by atoms with Crippen LogP contribution in [0, 0.1) is 19.7 Å². The maximum absolute atomic E-state index is 13.6. The van der Waals surface area contributed by atoms with E-state index in [4.69, 9.17) is 0 Å². The monoisotopic (exact) mass is 514 g/mol. The van der Waals surface area contributed by atoms with Gasteiger partial charge in [-0.3, -0.25) is 4.79 Å². The topological polar surface area (TPSA) is 68.4 Å². The molecule has 2 N–H and O–H groups in total. The molecule has 0 atom stereocenters. The summed E-state index contributed by atoms with van der Waals surface area (Å²) >= 11 is 0. The van der Waals surface area contributed by atoms with Crippen LogP contribution in [0.15, 0.2) is 72.9 Å². The molecule has 0 aliphatic carbocycles. The minimum absolute atomic E-state index is 0.0421. The Hall–Kier alpha value is -4.13. The van der Waals surface area contributed by atoms with Gasteiger partial charge in [0.15, 0.2) is 0 Å². The van der Waals surface area contributed by atoms with Gasteiger partial charge >= 0.3 is 6.03 Å². The molecule has 1 heterocycles. The molecule has 4 aromatic rings. The van der Waals surface area contributed by atoms with Gasteiger partial charge in [0.25, 0.3) is 0 Å². The van der Waals surface area contributed by atoms with Crippen LogP contribution in [-0.4, -0.2) is 46.4 Å². The summed E-state index contributed by atoms with van der Waals surface area (Å²) in [6, 6.07) is 19.7. The van der Waals surface area contributed by atoms with E-state index in [-0.39, 0.29) is 24.3 Å². The van der Waals surface area contributed by atoms with Gasteiger partial charge in [0, 0.05) is 42.4 Å². The largest absolute Gasteiger partial charge is 0.361 e. The van der Waals surface area contributed by atoms with Gasteiger partial charge in [0.05, 0.1) is 0 Å². The molecule has 6 nitrogen and oxygen atoms in total. The number of nitrogens with zero attached hydrogens (tertiary/aromatic N) is 2. The van der Waals surface area contributed by atoms with E-state index in [2.05, 4.69) is 16.4 Å². The predicted molar refractivity (Wildman–Crippen MR) is 151 cm³/mol. The van der Waals surface area contributed by atoms with Gasteiger partial charge < -0.3 is 20.1 Å². The first-order valence-corrected chi connectivity index (χ1v) is 13.0. The number of benzene rings is 3. The van der Waals surface area contributed by atoms with Gasteiger partial charge in [-0.1, -0.05) is 43.3 Å². The van der Waals surface area contributed by atoms with E-state index < -0.39 is 0 Å². The lowest BCUT2D eigenvalue weighted by molar-refractivity contribution is -0.132. The molecular weight excluding hydrogens is 479 g/mol. The van der Waals surface area contributed by atoms with Crippen LogP contribution < -0.4 is 5.32 Å². The fraction of sp³-hybridized carbons (Fsp3) is 0.290. The molecule has 0 aliphatic rings. The number of fused-ring (bicyclic) bond motifs is 1. The molecule has 1 aromatic heterocycles. The number of anilines is 1. The van der Waals surface area contributed by atoms with Gasteiger partial charge in [0.1, 0.15) is 12.4 Å². The fourth-order valence-corrected chi connectivity index (χ4v) is 4.50. The summed E-state index contributed by atoms with van der Waals surface area (Å²) in [6.45, 7) is 7.22. The zero-order valence-electron chi connectivity index (χ0n) is 22.3. The number of H-pyrrole nitrogens is 1. The van der Waals surface area contributed by atoms with Crippen molar-refractivity contribution >= 4 is 28.5 Å². The van der Waals surface area contributed by atoms with Crippen LogP contribution in [-0.2, 0) is 17.8 Å². The molecule has 38 heavy (non-hydrogen) atoms. The van der Waals surface area contributed by atoms with E-state index in [1.165, 1.54) is 12.1 Å². The Balaban J connectivity index is 1.50. The van der Waals surface area contributed by atoms with Gasteiger partial charge in [0.2, 0.25) is 5.91 Å². The van der Waals surface area contributed by atoms with E-state index in [0.717, 1.165) is 39.6 Å². The van der Waals surface area contributed by atoms with Gasteiger partial charge in [-0.15, -0.1) is 0 Å². The molecule has 0 saturated heterocycles. The summed E-state index contributed by atoms with van der Waals surface area (Å²) in [5.41, 5.74) is 5.94. The fourth-order valence-electron chi connectivity index (χ4n) is 4.50. The smallest absolute Gasteiger partial charge is 0.322 e. The van der Waals surface area contributed by atoms with E-state index in [0.29, 0.717) is 31.7 Å². The van der Waals surface area contributed by atoms with E-state index in [1.54, 1.807) is 21.9 Å². The number of carbonyl (C=O) groups is 2. The molecule has 0 spiro atoms. The number of carbonyl (C=O) groups excluding carboxylic acids is 2. The maximum Gasteiger partial charge on any atom is 0.322 e. The Kier molecular flexibility index (Phi) is 8.79. The van der Waals surface area contributed by atoms with Crippen molar-refractivity contribution in [2.24, 2.45) is 0 Å². The minimum Gasteiger partial charge on any atom is -0.361 e.